The van der Waals surface area contributed by atoms with Gasteiger partial charge in [0.2, 0.25) is 0 Å². The van der Waals surface area contributed by atoms with Crippen molar-refractivity contribution >= 4 is 27.5 Å². The Morgan fingerprint density at radius 1 is 1.33 bits per heavy atom. The Labute approximate surface area is 118 Å². The summed E-state index contributed by atoms with van der Waals surface area (Å²) >= 11 is 9.42. The fourth-order valence-electron chi connectivity index (χ4n) is 1.98. The van der Waals surface area contributed by atoms with Crippen LogP contribution in [-0.2, 0) is 6.42 Å². The van der Waals surface area contributed by atoms with Crippen molar-refractivity contribution < 1.29 is 4.74 Å². The first-order valence-electron chi connectivity index (χ1n) is 5.61. The second kappa shape index (κ2) is 4.52. The van der Waals surface area contributed by atoms with Gasteiger partial charge in [-0.25, -0.2) is 9.97 Å². The summed E-state index contributed by atoms with van der Waals surface area (Å²) in [7, 11) is 0. The van der Waals surface area contributed by atoms with Crippen LogP contribution in [0.25, 0.3) is 11.4 Å². The molecule has 0 saturated heterocycles. The van der Waals surface area contributed by atoms with E-state index < -0.39 is 0 Å². The van der Waals surface area contributed by atoms with Crippen LogP contribution in [0.4, 0.5) is 0 Å². The number of aryl methyl sites for hydroxylation is 1. The zero-order chi connectivity index (χ0) is 12.7. The zero-order valence-electron chi connectivity index (χ0n) is 9.70. The number of rotatable bonds is 1. The molecular formula is C13H10BrClN2O. The number of aromatic nitrogens is 2. The molecule has 3 rings (SSSR count). The number of ether oxygens (including phenoxy) is 1. The molecule has 18 heavy (non-hydrogen) atoms. The Morgan fingerprint density at radius 2 is 2.17 bits per heavy atom. The SMILES string of the molecule is Cc1nc(-c2ccc3c(c2)CCO3)nc(Cl)c1Br. The summed E-state index contributed by atoms with van der Waals surface area (Å²) in [4.78, 5) is 8.74. The molecule has 0 amide bonds. The molecular weight excluding hydrogens is 316 g/mol. The lowest BCUT2D eigenvalue weighted by Crippen LogP contribution is -1.94. The molecule has 0 atom stereocenters. The first-order valence-corrected chi connectivity index (χ1v) is 6.78. The summed E-state index contributed by atoms with van der Waals surface area (Å²) in [5, 5.41) is 0.439. The molecule has 0 unspecified atom stereocenters. The van der Waals surface area contributed by atoms with Crippen LogP contribution in [0.2, 0.25) is 5.15 Å². The predicted molar refractivity (Wildman–Crippen MR) is 74.1 cm³/mol. The lowest BCUT2D eigenvalue weighted by Gasteiger charge is -2.06. The summed E-state index contributed by atoms with van der Waals surface area (Å²) in [5.41, 5.74) is 3.01. The van der Waals surface area contributed by atoms with Gasteiger partial charge in [0.05, 0.1) is 16.8 Å². The average molecular weight is 326 g/mol. The third-order valence-corrected chi connectivity index (χ3v) is 4.38. The van der Waals surface area contributed by atoms with Gasteiger partial charge in [0.1, 0.15) is 10.9 Å². The number of benzene rings is 1. The third kappa shape index (κ3) is 1.99. The van der Waals surface area contributed by atoms with E-state index in [0.29, 0.717) is 11.0 Å². The Morgan fingerprint density at radius 3 is 2.94 bits per heavy atom. The molecule has 0 aliphatic carbocycles. The lowest BCUT2D eigenvalue weighted by molar-refractivity contribution is 0.357. The van der Waals surface area contributed by atoms with E-state index in [-0.39, 0.29) is 0 Å². The quantitative estimate of drug-likeness (QED) is 0.748. The number of hydrogen-bond donors (Lipinski definition) is 0. The van der Waals surface area contributed by atoms with Gasteiger partial charge in [-0.1, -0.05) is 11.6 Å². The van der Waals surface area contributed by atoms with Crippen LogP contribution in [0.3, 0.4) is 0 Å². The highest BCUT2D eigenvalue weighted by Gasteiger charge is 2.15. The standard InChI is InChI=1S/C13H10BrClN2O/c1-7-11(14)12(15)17-13(16-7)9-2-3-10-8(6-9)4-5-18-10/h2-3,6H,4-5H2,1H3. The Bertz CT molecular complexity index is 607. The van der Waals surface area contributed by atoms with Crippen molar-refractivity contribution in [3.8, 4) is 17.1 Å². The van der Waals surface area contributed by atoms with Gasteiger partial charge in [0.25, 0.3) is 0 Å². The van der Waals surface area contributed by atoms with E-state index in [2.05, 4.69) is 32.0 Å². The minimum absolute atomic E-state index is 0.439. The summed E-state index contributed by atoms with van der Waals surface area (Å²) < 4.78 is 6.23. The van der Waals surface area contributed by atoms with E-state index in [9.17, 15) is 0 Å². The summed E-state index contributed by atoms with van der Waals surface area (Å²) in [6.45, 7) is 2.65. The van der Waals surface area contributed by atoms with Crippen molar-refractivity contribution in [2.45, 2.75) is 13.3 Å². The first kappa shape index (κ1) is 11.9. The van der Waals surface area contributed by atoms with E-state index in [1.54, 1.807) is 0 Å². The van der Waals surface area contributed by atoms with Gasteiger partial charge in [-0.05, 0) is 46.6 Å². The topological polar surface area (TPSA) is 35.0 Å². The van der Waals surface area contributed by atoms with Crippen LogP contribution in [0.15, 0.2) is 22.7 Å². The van der Waals surface area contributed by atoms with Gasteiger partial charge in [0.15, 0.2) is 5.82 Å². The number of hydrogen-bond acceptors (Lipinski definition) is 3. The van der Waals surface area contributed by atoms with Gasteiger partial charge in [-0.3, -0.25) is 0 Å². The van der Waals surface area contributed by atoms with Crippen molar-refractivity contribution in [2.24, 2.45) is 0 Å². The molecule has 5 heteroatoms. The summed E-state index contributed by atoms with van der Waals surface area (Å²) in [6, 6.07) is 6.00. The van der Waals surface area contributed by atoms with Gasteiger partial charge in [0, 0.05) is 12.0 Å². The van der Waals surface area contributed by atoms with Gasteiger partial charge in [-0.15, -0.1) is 0 Å². The highest BCUT2D eigenvalue weighted by atomic mass is 79.9. The zero-order valence-corrected chi connectivity index (χ0v) is 12.0. The van der Waals surface area contributed by atoms with Crippen LogP contribution < -0.4 is 4.74 Å². The Balaban J connectivity index is 2.10. The van der Waals surface area contributed by atoms with Crippen molar-refractivity contribution in [1.82, 2.24) is 9.97 Å². The second-order valence-corrected chi connectivity index (χ2v) is 5.31. The Hall–Kier alpha value is -1.13. The van der Waals surface area contributed by atoms with E-state index in [1.807, 2.05) is 19.1 Å². The van der Waals surface area contributed by atoms with Crippen LogP contribution in [-0.4, -0.2) is 16.6 Å². The molecule has 2 heterocycles. The minimum atomic E-state index is 0.439. The Kier molecular flexibility index (Phi) is 2.99. The van der Waals surface area contributed by atoms with E-state index >= 15 is 0 Å². The molecule has 0 N–H and O–H groups in total. The molecule has 0 radical (unpaired) electrons. The average Bonchev–Trinajstić information content (AvgIpc) is 2.82. The van der Waals surface area contributed by atoms with E-state index in [4.69, 9.17) is 16.3 Å². The largest absolute Gasteiger partial charge is 0.493 e. The lowest BCUT2D eigenvalue weighted by atomic mass is 10.1. The maximum atomic E-state index is 6.06. The third-order valence-electron chi connectivity index (χ3n) is 2.92. The van der Waals surface area contributed by atoms with Crippen LogP contribution in [0, 0.1) is 6.92 Å². The van der Waals surface area contributed by atoms with Crippen LogP contribution in [0.5, 0.6) is 5.75 Å². The number of nitrogens with zero attached hydrogens (tertiary/aromatic N) is 2. The molecule has 0 spiro atoms. The van der Waals surface area contributed by atoms with E-state index in [1.165, 1.54) is 5.56 Å². The molecule has 3 nitrogen and oxygen atoms in total. The molecule has 0 saturated carbocycles. The monoisotopic (exact) mass is 324 g/mol. The highest BCUT2D eigenvalue weighted by Crippen LogP contribution is 2.31. The molecule has 0 bridgehead atoms. The maximum absolute atomic E-state index is 6.06. The molecule has 92 valence electrons. The second-order valence-electron chi connectivity index (χ2n) is 4.16. The molecule has 0 fully saturated rings. The number of fused-ring (bicyclic) bond motifs is 1. The maximum Gasteiger partial charge on any atom is 0.161 e. The summed E-state index contributed by atoms with van der Waals surface area (Å²) in [5.74, 6) is 1.61. The van der Waals surface area contributed by atoms with Crippen molar-refractivity contribution in [3.63, 3.8) is 0 Å². The fourth-order valence-corrected chi connectivity index (χ4v) is 2.37. The molecule has 2 aromatic rings. The number of halogens is 2. The van der Waals surface area contributed by atoms with Crippen molar-refractivity contribution in [2.75, 3.05) is 6.61 Å². The smallest absolute Gasteiger partial charge is 0.161 e. The van der Waals surface area contributed by atoms with Gasteiger partial charge < -0.3 is 4.74 Å². The summed E-state index contributed by atoms with van der Waals surface area (Å²) in [6.07, 6.45) is 0.937. The van der Waals surface area contributed by atoms with Gasteiger partial charge >= 0.3 is 0 Å². The first-order chi connectivity index (χ1) is 8.65. The van der Waals surface area contributed by atoms with E-state index in [0.717, 1.165) is 34.5 Å². The van der Waals surface area contributed by atoms with Crippen LogP contribution >= 0.6 is 27.5 Å². The van der Waals surface area contributed by atoms with Crippen molar-refractivity contribution in [3.05, 3.63) is 39.1 Å². The predicted octanol–water partition coefficient (Wildman–Crippen LogP) is 3.80. The van der Waals surface area contributed by atoms with Gasteiger partial charge in [-0.2, -0.15) is 0 Å². The van der Waals surface area contributed by atoms with Crippen LogP contribution in [0.1, 0.15) is 11.3 Å². The fraction of sp³-hybridized carbons (Fsp3) is 0.231. The minimum Gasteiger partial charge on any atom is -0.493 e. The van der Waals surface area contributed by atoms with Crippen molar-refractivity contribution in [1.29, 1.82) is 0 Å². The molecule has 1 aromatic heterocycles. The molecule has 1 aliphatic rings. The highest BCUT2D eigenvalue weighted by molar-refractivity contribution is 9.10. The molecule has 1 aliphatic heterocycles. The normalized spacial score (nSPS) is 13.3. The molecule has 1 aromatic carbocycles.